The molecule has 1 atom stereocenters. The molecule has 0 aromatic rings. The van der Waals surface area contributed by atoms with Crippen LogP contribution in [0.2, 0.25) is 0 Å². The standard InChI is InChI=1S/C11H22ClNO/c1-10(2)11-4-3-6-13(11)7-9-14-8-5-12/h10-11H,3-9H2,1-2H3. The maximum Gasteiger partial charge on any atom is 0.0602 e. The van der Waals surface area contributed by atoms with Crippen LogP contribution >= 0.6 is 11.6 Å². The van der Waals surface area contributed by atoms with E-state index in [2.05, 4.69) is 18.7 Å². The summed E-state index contributed by atoms with van der Waals surface area (Å²) in [5.41, 5.74) is 0. The highest BCUT2D eigenvalue weighted by molar-refractivity contribution is 6.17. The Labute approximate surface area is 92.6 Å². The number of halogens is 1. The molecule has 1 heterocycles. The van der Waals surface area contributed by atoms with Crippen LogP contribution in [-0.2, 0) is 4.74 Å². The lowest BCUT2D eigenvalue weighted by atomic mass is 10.0. The smallest absolute Gasteiger partial charge is 0.0602 e. The van der Waals surface area contributed by atoms with Crippen LogP contribution in [0.1, 0.15) is 26.7 Å². The molecule has 0 amide bonds. The van der Waals surface area contributed by atoms with Gasteiger partial charge in [0.2, 0.25) is 0 Å². The average Bonchev–Trinajstić information content (AvgIpc) is 2.60. The first-order chi connectivity index (χ1) is 6.75. The van der Waals surface area contributed by atoms with Gasteiger partial charge in [0.15, 0.2) is 0 Å². The fourth-order valence-corrected chi connectivity index (χ4v) is 2.33. The van der Waals surface area contributed by atoms with E-state index in [1.807, 2.05) is 0 Å². The highest BCUT2D eigenvalue weighted by atomic mass is 35.5. The number of alkyl halides is 1. The summed E-state index contributed by atoms with van der Waals surface area (Å²) in [7, 11) is 0. The van der Waals surface area contributed by atoms with Gasteiger partial charge in [-0.25, -0.2) is 0 Å². The second-order valence-electron chi connectivity index (χ2n) is 4.29. The summed E-state index contributed by atoms with van der Waals surface area (Å²) in [5.74, 6) is 1.37. The fraction of sp³-hybridized carbons (Fsp3) is 1.00. The largest absolute Gasteiger partial charge is 0.379 e. The molecule has 0 bridgehead atoms. The zero-order valence-corrected chi connectivity index (χ0v) is 10.1. The summed E-state index contributed by atoms with van der Waals surface area (Å²) in [6.07, 6.45) is 2.70. The molecule has 1 rings (SSSR count). The van der Waals surface area contributed by atoms with Crippen molar-refractivity contribution in [3.63, 3.8) is 0 Å². The van der Waals surface area contributed by atoms with Gasteiger partial charge in [0.25, 0.3) is 0 Å². The SMILES string of the molecule is CC(C)C1CCCN1CCOCCCl. The van der Waals surface area contributed by atoms with Gasteiger partial charge in [-0.3, -0.25) is 4.90 Å². The third-order valence-electron chi connectivity index (χ3n) is 2.93. The van der Waals surface area contributed by atoms with Gasteiger partial charge in [-0.1, -0.05) is 13.8 Å². The zero-order chi connectivity index (χ0) is 10.4. The first kappa shape index (κ1) is 12.3. The molecule has 1 aliphatic heterocycles. The molecule has 2 nitrogen and oxygen atoms in total. The predicted molar refractivity (Wildman–Crippen MR) is 61.0 cm³/mol. The number of hydrogen-bond donors (Lipinski definition) is 0. The summed E-state index contributed by atoms with van der Waals surface area (Å²) < 4.78 is 5.40. The van der Waals surface area contributed by atoms with Crippen molar-refractivity contribution in [2.75, 3.05) is 32.2 Å². The Morgan fingerprint density at radius 1 is 1.43 bits per heavy atom. The number of rotatable bonds is 6. The molecule has 1 fully saturated rings. The Bertz CT molecular complexity index is 152. The van der Waals surface area contributed by atoms with Crippen molar-refractivity contribution in [3.8, 4) is 0 Å². The maximum absolute atomic E-state index is 5.54. The van der Waals surface area contributed by atoms with Gasteiger partial charge in [-0.15, -0.1) is 11.6 Å². The summed E-state index contributed by atoms with van der Waals surface area (Å²) in [6, 6.07) is 0.773. The minimum absolute atomic E-state index is 0.605. The van der Waals surface area contributed by atoms with Crippen molar-refractivity contribution < 1.29 is 4.74 Å². The minimum Gasteiger partial charge on any atom is -0.379 e. The molecular weight excluding hydrogens is 198 g/mol. The summed E-state index contributed by atoms with van der Waals surface area (Å²) >= 11 is 5.54. The quantitative estimate of drug-likeness (QED) is 0.503. The van der Waals surface area contributed by atoms with Crippen molar-refractivity contribution in [3.05, 3.63) is 0 Å². The molecule has 1 unspecified atom stereocenters. The lowest BCUT2D eigenvalue weighted by Gasteiger charge is -2.27. The molecule has 0 N–H and O–H groups in total. The number of nitrogens with zero attached hydrogens (tertiary/aromatic N) is 1. The van der Waals surface area contributed by atoms with E-state index < -0.39 is 0 Å². The molecule has 0 aromatic heterocycles. The van der Waals surface area contributed by atoms with Crippen LogP contribution in [0.4, 0.5) is 0 Å². The van der Waals surface area contributed by atoms with E-state index in [-0.39, 0.29) is 0 Å². The van der Waals surface area contributed by atoms with Gasteiger partial charge in [0.05, 0.1) is 13.2 Å². The van der Waals surface area contributed by atoms with Gasteiger partial charge in [-0.05, 0) is 25.3 Å². The maximum atomic E-state index is 5.54. The van der Waals surface area contributed by atoms with Crippen LogP contribution in [0, 0.1) is 5.92 Å². The normalized spacial score (nSPS) is 23.6. The van der Waals surface area contributed by atoms with Gasteiger partial charge >= 0.3 is 0 Å². The van der Waals surface area contributed by atoms with E-state index in [0.29, 0.717) is 12.5 Å². The lowest BCUT2D eigenvalue weighted by Crippen LogP contribution is -2.35. The fourth-order valence-electron chi connectivity index (χ4n) is 2.22. The monoisotopic (exact) mass is 219 g/mol. The molecule has 0 aromatic carbocycles. The van der Waals surface area contributed by atoms with Crippen molar-refractivity contribution in [2.24, 2.45) is 5.92 Å². The second-order valence-corrected chi connectivity index (χ2v) is 4.67. The Balaban J connectivity index is 2.16. The Morgan fingerprint density at radius 3 is 2.86 bits per heavy atom. The van der Waals surface area contributed by atoms with Crippen LogP contribution in [-0.4, -0.2) is 43.1 Å². The predicted octanol–water partition coefficient (Wildman–Crippen LogP) is 2.36. The highest BCUT2D eigenvalue weighted by Crippen LogP contribution is 2.22. The first-order valence-corrected chi connectivity index (χ1v) is 6.17. The Kier molecular flexibility index (Phi) is 5.83. The number of ether oxygens (including phenoxy) is 1. The summed E-state index contributed by atoms with van der Waals surface area (Å²) in [5, 5.41) is 0. The van der Waals surface area contributed by atoms with Crippen molar-refractivity contribution >= 4 is 11.6 Å². The second kappa shape index (κ2) is 6.65. The van der Waals surface area contributed by atoms with E-state index in [0.717, 1.165) is 25.1 Å². The molecule has 0 saturated carbocycles. The molecular formula is C11H22ClNO. The first-order valence-electron chi connectivity index (χ1n) is 5.63. The molecule has 0 aliphatic carbocycles. The molecule has 14 heavy (non-hydrogen) atoms. The summed E-state index contributed by atoms with van der Waals surface area (Å²) in [6.45, 7) is 8.44. The summed E-state index contributed by atoms with van der Waals surface area (Å²) in [4.78, 5) is 2.55. The lowest BCUT2D eigenvalue weighted by molar-refractivity contribution is 0.101. The van der Waals surface area contributed by atoms with Crippen LogP contribution < -0.4 is 0 Å². The van der Waals surface area contributed by atoms with E-state index >= 15 is 0 Å². The molecule has 84 valence electrons. The van der Waals surface area contributed by atoms with Gasteiger partial charge in [0.1, 0.15) is 0 Å². The topological polar surface area (TPSA) is 12.5 Å². The van der Waals surface area contributed by atoms with Crippen molar-refractivity contribution in [2.45, 2.75) is 32.7 Å². The van der Waals surface area contributed by atoms with Crippen LogP contribution in [0.15, 0.2) is 0 Å². The van der Waals surface area contributed by atoms with Crippen LogP contribution in [0.25, 0.3) is 0 Å². The molecule has 0 spiro atoms. The molecule has 1 aliphatic rings. The molecule has 1 saturated heterocycles. The molecule has 3 heteroatoms. The van der Waals surface area contributed by atoms with Crippen molar-refractivity contribution in [1.29, 1.82) is 0 Å². The molecule has 0 radical (unpaired) electrons. The van der Waals surface area contributed by atoms with Crippen LogP contribution in [0.5, 0.6) is 0 Å². The van der Waals surface area contributed by atoms with E-state index in [9.17, 15) is 0 Å². The third-order valence-corrected chi connectivity index (χ3v) is 3.08. The van der Waals surface area contributed by atoms with Crippen LogP contribution in [0.3, 0.4) is 0 Å². The van der Waals surface area contributed by atoms with E-state index in [1.165, 1.54) is 19.4 Å². The van der Waals surface area contributed by atoms with Gasteiger partial charge < -0.3 is 4.74 Å². The zero-order valence-electron chi connectivity index (χ0n) is 9.34. The minimum atomic E-state index is 0.605. The average molecular weight is 220 g/mol. The van der Waals surface area contributed by atoms with E-state index in [1.54, 1.807) is 0 Å². The van der Waals surface area contributed by atoms with Crippen molar-refractivity contribution in [1.82, 2.24) is 4.90 Å². The number of likely N-dealkylation sites (tertiary alicyclic amines) is 1. The highest BCUT2D eigenvalue weighted by Gasteiger charge is 2.26. The van der Waals surface area contributed by atoms with Gasteiger partial charge in [0, 0.05) is 18.5 Å². The Morgan fingerprint density at radius 2 is 2.21 bits per heavy atom. The third kappa shape index (κ3) is 3.76. The van der Waals surface area contributed by atoms with Gasteiger partial charge in [-0.2, -0.15) is 0 Å². The number of hydrogen-bond acceptors (Lipinski definition) is 2. The Hall–Kier alpha value is 0.210. The van der Waals surface area contributed by atoms with E-state index in [4.69, 9.17) is 16.3 Å².